The van der Waals surface area contributed by atoms with Crippen molar-refractivity contribution >= 4 is 15.9 Å². The molecule has 2 aliphatic carbocycles. The molecule has 0 radical (unpaired) electrons. The largest absolute Gasteiger partial charge is 0.435 e. The Hall–Kier alpha value is -2.90. The zero-order valence-corrected chi connectivity index (χ0v) is 20.9. The van der Waals surface area contributed by atoms with Crippen LogP contribution in [0.4, 0.5) is 39.9 Å². The smallest absolute Gasteiger partial charge is 0.335 e. The molecule has 2 aromatic rings. The first-order valence-electron chi connectivity index (χ1n) is 12.1. The lowest BCUT2D eigenvalue weighted by Gasteiger charge is -2.43. The van der Waals surface area contributed by atoms with Crippen LogP contribution in [0.2, 0.25) is 0 Å². The molecular formula is C25H22F8N2O3S. The number of hydrogen-bond donors (Lipinski definition) is 1. The highest BCUT2D eigenvalue weighted by atomic mass is 32.2. The third-order valence-electron chi connectivity index (χ3n) is 7.84. The molecule has 14 heteroatoms. The second-order valence-corrected chi connectivity index (χ2v) is 12.3. The number of aryl methyl sites for hydroxylation is 1. The summed E-state index contributed by atoms with van der Waals surface area (Å²) in [7, 11) is -4.50. The summed E-state index contributed by atoms with van der Waals surface area (Å²) in [5.74, 6) is -0.730. The van der Waals surface area contributed by atoms with Crippen LogP contribution in [0.3, 0.4) is 0 Å². The van der Waals surface area contributed by atoms with E-state index in [0.29, 0.717) is 12.1 Å². The van der Waals surface area contributed by atoms with E-state index in [4.69, 9.17) is 0 Å². The standard InChI is InChI=1S/C25H22F8N2O3S/c26-16-3-7-18(8-4-16)39(37,38)22-11-12-35(21(36)34-17-5-6-17)20(22)10-1-14-13-15(2-9-19(14)22)23(27,24(28,29)30)25(31,32)33/h2-4,7-9,13,17,20H,1,5-6,10-12H2,(H,34,36)/t20-,22-/m1/s1. The predicted molar refractivity (Wildman–Crippen MR) is 122 cm³/mol. The summed E-state index contributed by atoms with van der Waals surface area (Å²) in [5.41, 5.74) is -7.70. The summed E-state index contributed by atoms with van der Waals surface area (Å²) in [5, 5.41) is 2.77. The maximum Gasteiger partial charge on any atom is 0.435 e. The normalized spacial score (nSPS) is 23.8. The van der Waals surface area contributed by atoms with E-state index in [0.717, 1.165) is 43.2 Å². The number of benzene rings is 2. The highest BCUT2D eigenvalue weighted by Crippen LogP contribution is 2.56. The van der Waals surface area contributed by atoms with E-state index < -0.39 is 56.1 Å². The lowest BCUT2D eigenvalue weighted by atomic mass is 9.77. The van der Waals surface area contributed by atoms with E-state index in [1.54, 1.807) is 0 Å². The van der Waals surface area contributed by atoms with Gasteiger partial charge in [-0.3, -0.25) is 0 Å². The van der Waals surface area contributed by atoms with E-state index in [1.807, 2.05) is 0 Å². The molecule has 0 unspecified atom stereocenters. The van der Waals surface area contributed by atoms with Gasteiger partial charge in [0.05, 0.1) is 10.9 Å². The summed E-state index contributed by atoms with van der Waals surface area (Å²) in [4.78, 5) is 14.0. The van der Waals surface area contributed by atoms with Crippen molar-refractivity contribution in [3.8, 4) is 0 Å². The van der Waals surface area contributed by atoms with Crippen LogP contribution in [0.15, 0.2) is 47.4 Å². The average Bonchev–Trinajstić information content (AvgIpc) is 3.56. The number of amides is 2. The third-order valence-corrected chi connectivity index (χ3v) is 10.4. The molecule has 1 N–H and O–H groups in total. The summed E-state index contributed by atoms with van der Waals surface area (Å²) in [6, 6.07) is 3.70. The fraction of sp³-hybridized carbons (Fsp3) is 0.480. The van der Waals surface area contributed by atoms with Crippen LogP contribution >= 0.6 is 0 Å². The Bertz CT molecular complexity index is 1390. The van der Waals surface area contributed by atoms with Gasteiger partial charge in [0, 0.05) is 18.2 Å². The second kappa shape index (κ2) is 8.80. The Morgan fingerprint density at radius 3 is 2.10 bits per heavy atom. The topological polar surface area (TPSA) is 66.5 Å². The van der Waals surface area contributed by atoms with Crippen LogP contribution in [0, 0.1) is 5.82 Å². The number of sulfone groups is 1. The van der Waals surface area contributed by atoms with Crippen molar-refractivity contribution in [2.45, 2.75) is 71.9 Å². The number of urea groups is 1. The number of carbonyl (C=O) groups is 1. The molecule has 1 saturated carbocycles. The molecule has 1 aliphatic heterocycles. The van der Waals surface area contributed by atoms with E-state index in [-0.39, 0.29) is 47.9 Å². The number of hydrogen-bond acceptors (Lipinski definition) is 3. The van der Waals surface area contributed by atoms with Crippen molar-refractivity contribution in [1.29, 1.82) is 0 Å². The fourth-order valence-electron chi connectivity index (χ4n) is 5.78. The monoisotopic (exact) mass is 582 g/mol. The first-order chi connectivity index (χ1) is 18.0. The first kappa shape index (κ1) is 27.7. The first-order valence-corrected chi connectivity index (χ1v) is 13.6. The van der Waals surface area contributed by atoms with Crippen molar-refractivity contribution < 1.29 is 48.3 Å². The zero-order chi connectivity index (χ0) is 28.6. The minimum atomic E-state index is -6.33. The Labute approximate surface area is 218 Å². The highest BCUT2D eigenvalue weighted by Gasteiger charge is 2.73. The van der Waals surface area contributed by atoms with Crippen LogP contribution in [0.1, 0.15) is 42.4 Å². The molecule has 0 bridgehead atoms. The van der Waals surface area contributed by atoms with Crippen LogP contribution < -0.4 is 5.32 Å². The molecule has 2 aromatic carbocycles. The quantitative estimate of drug-likeness (QED) is 0.373. The number of carbonyl (C=O) groups excluding carboxylic acids is 1. The molecule has 5 nitrogen and oxygen atoms in total. The van der Waals surface area contributed by atoms with Crippen molar-refractivity contribution in [3.05, 3.63) is 65.0 Å². The number of nitrogens with one attached hydrogen (secondary N) is 1. The summed E-state index contributed by atoms with van der Waals surface area (Å²) < 4.78 is 135. The predicted octanol–water partition coefficient (Wildman–Crippen LogP) is 5.68. The van der Waals surface area contributed by atoms with E-state index >= 15 is 0 Å². The SMILES string of the molecule is O=C(NC1CC1)N1CC[C@@]2(S(=O)(=O)c3ccc(F)cc3)c3ccc(C(F)(C(F)(F)F)C(F)(F)F)cc3CC[C@@H]12. The van der Waals surface area contributed by atoms with Gasteiger partial charge in [0.2, 0.25) is 0 Å². The van der Waals surface area contributed by atoms with Gasteiger partial charge in [-0.2, -0.15) is 26.3 Å². The average molecular weight is 583 g/mol. The Morgan fingerprint density at radius 1 is 0.923 bits per heavy atom. The Balaban J connectivity index is 1.68. The molecule has 0 aromatic heterocycles. The summed E-state index contributed by atoms with van der Waals surface area (Å²) in [6.45, 7) is -0.0665. The summed E-state index contributed by atoms with van der Waals surface area (Å²) in [6.07, 6.45) is -11.7. The fourth-order valence-corrected chi connectivity index (χ4v) is 8.15. The van der Waals surface area contributed by atoms with Gasteiger partial charge in [0.25, 0.3) is 0 Å². The van der Waals surface area contributed by atoms with E-state index in [2.05, 4.69) is 5.32 Å². The third kappa shape index (κ3) is 4.08. The molecule has 3 aliphatic rings. The number of likely N-dealkylation sites (tertiary alicyclic amines) is 1. The molecule has 2 amide bonds. The van der Waals surface area contributed by atoms with Gasteiger partial charge in [-0.15, -0.1) is 0 Å². The molecule has 2 fully saturated rings. The van der Waals surface area contributed by atoms with E-state index in [9.17, 15) is 48.3 Å². The van der Waals surface area contributed by atoms with Gasteiger partial charge in [-0.25, -0.2) is 22.0 Å². The minimum Gasteiger partial charge on any atom is -0.335 e. The Morgan fingerprint density at radius 2 is 1.54 bits per heavy atom. The van der Waals surface area contributed by atoms with Crippen molar-refractivity contribution in [1.82, 2.24) is 10.2 Å². The van der Waals surface area contributed by atoms with Crippen LogP contribution in [0.25, 0.3) is 0 Å². The lowest BCUT2D eigenvalue weighted by Crippen LogP contribution is -2.54. The lowest BCUT2D eigenvalue weighted by molar-refractivity contribution is -0.348. The molecule has 39 heavy (non-hydrogen) atoms. The molecule has 1 heterocycles. The maximum atomic E-state index is 14.8. The van der Waals surface area contributed by atoms with Crippen molar-refractivity contribution in [3.63, 3.8) is 0 Å². The number of nitrogens with zero attached hydrogens (tertiary/aromatic N) is 1. The minimum absolute atomic E-state index is 0.0665. The highest BCUT2D eigenvalue weighted by molar-refractivity contribution is 7.92. The second-order valence-electron chi connectivity index (χ2n) is 10.1. The van der Waals surface area contributed by atoms with Crippen LogP contribution in [-0.2, 0) is 26.7 Å². The molecule has 1 saturated heterocycles. The van der Waals surface area contributed by atoms with Crippen LogP contribution in [0.5, 0.6) is 0 Å². The number of alkyl halides is 7. The van der Waals surface area contributed by atoms with Crippen LogP contribution in [-0.4, -0.2) is 50.3 Å². The summed E-state index contributed by atoms with van der Waals surface area (Å²) >= 11 is 0. The van der Waals surface area contributed by atoms with Gasteiger partial charge in [0.1, 0.15) is 10.6 Å². The van der Waals surface area contributed by atoms with Gasteiger partial charge >= 0.3 is 24.1 Å². The van der Waals surface area contributed by atoms with Crippen molar-refractivity contribution in [2.24, 2.45) is 0 Å². The maximum absolute atomic E-state index is 14.8. The zero-order valence-electron chi connectivity index (χ0n) is 20.0. The molecule has 0 spiro atoms. The Kier molecular flexibility index (Phi) is 6.24. The molecule has 2 atom stereocenters. The molecule has 5 rings (SSSR count). The molecule has 212 valence electrons. The molecular weight excluding hydrogens is 560 g/mol. The number of rotatable bonds is 4. The van der Waals surface area contributed by atoms with Crippen molar-refractivity contribution in [2.75, 3.05) is 6.54 Å². The van der Waals surface area contributed by atoms with Gasteiger partial charge < -0.3 is 10.2 Å². The van der Waals surface area contributed by atoms with Gasteiger partial charge in [-0.1, -0.05) is 18.2 Å². The van der Waals surface area contributed by atoms with Gasteiger partial charge in [0.15, 0.2) is 9.84 Å². The van der Waals surface area contributed by atoms with E-state index in [1.165, 1.54) is 4.90 Å². The number of halogens is 8. The van der Waals surface area contributed by atoms with Gasteiger partial charge in [-0.05, 0) is 67.5 Å². The number of fused-ring (bicyclic) bond motifs is 3.